The van der Waals surface area contributed by atoms with Crippen LogP contribution in [0.2, 0.25) is 0 Å². The van der Waals surface area contributed by atoms with E-state index in [0.717, 1.165) is 11.8 Å². The van der Waals surface area contributed by atoms with Crippen molar-refractivity contribution in [3.05, 3.63) is 258 Å². The van der Waals surface area contributed by atoms with Gasteiger partial charge in [-0.1, -0.05) is 200 Å². The number of benzene rings is 9. The van der Waals surface area contributed by atoms with Crippen LogP contribution in [0.4, 0.5) is 17.1 Å². The number of fused-ring (bicyclic) bond motifs is 6. The fourth-order valence-electron chi connectivity index (χ4n) is 14.7. The van der Waals surface area contributed by atoms with E-state index in [1.165, 1.54) is 110 Å². The number of nitrogens with zero attached hydrogens (tertiary/aromatic N) is 1. The van der Waals surface area contributed by atoms with Crippen molar-refractivity contribution in [3.63, 3.8) is 0 Å². The largest absolute Gasteiger partial charge is 0.310 e. The molecule has 9 aromatic rings. The number of anilines is 3. The SMILES string of the molecule is c1ccc(-c2cccc(N(c3ccc4c(c3)C(c3ccccc3)(c3ccccc3)c3ccccc3-4)c3cccc4c3C3(c5ccccc5-4)C4CC5CC(C4)C3C5)c2-c2ccccc2)cc1. The molecule has 4 saturated carbocycles. The Morgan fingerprint density at radius 3 is 1.63 bits per heavy atom. The number of hydrogen-bond donors (Lipinski definition) is 0. The van der Waals surface area contributed by atoms with Gasteiger partial charge >= 0.3 is 0 Å². The van der Waals surface area contributed by atoms with Gasteiger partial charge in [0, 0.05) is 16.7 Å². The van der Waals surface area contributed by atoms with Crippen molar-refractivity contribution >= 4 is 17.1 Å². The van der Waals surface area contributed by atoms with Crippen LogP contribution >= 0.6 is 0 Å². The highest BCUT2D eigenvalue weighted by atomic mass is 15.2. The predicted octanol–water partition coefficient (Wildman–Crippen LogP) is 16.2. The first-order valence-electron chi connectivity index (χ1n) is 23.9. The molecule has 6 aliphatic rings. The summed E-state index contributed by atoms with van der Waals surface area (Å²) in [6, 6.07) is 85.2. The highest BCUT2D eigenvalue weighted by molar-refractivity contribution is 6.00. The van der Waals surface area contributed by atoms with Gasteiger partial charge in [0.15, 0.2) is 0 Å². The molecule has 0 saturated heterocycles. The highest BCUT2D eigenvalue weighted by Crippen LogP contribution is 2.74. The summed E-state index contributed by atoms with van der Waals surface area (Å²) in [4.78, 5) is 2.71. The molecule has 0 amide bonds. The first-order chi connectivity index (χ1) is 32.2. The standard InChI is InChI=1S/C64H49N/c1-5-19-43(20-6-1)50-29-17-33-59(61(50)44-21-7-2-8-22-44)65(60-34-18-30-54-52-28-14-16-32-56(52)64(62(54)60)48-38-42-37-45(40-48)57(64)39-42)49-35-36-53-51-27-13-15-31-55(51)63(58(53)41-49,46-23-9-3-10-24-46)47-25-11-4-12-26-47/h1-36,41-42,45,48,57H,37-40H2. The first kappa shape index (κ1) is 37.2. The van der Waals surface area contributed by atoms with Gasteiger partial charge in [0.05, 0.1) is 16.8 Å². The van der Waals surface area contributed by atoms with Crippen LogP contribution < -0.4 is 4.90 Å². The summed E-state index contributed by atoms with van der Waals surface area (Å²) >= 11 is 0. The lowest BCUT2D eigenvalue weighted by Crippen LogP contribution is -2.41. The van der Waals surface area contributed by atoms with Crippen molar-refractivity contribution in [1.82, 2.24) is 0 Å². The minimum atomic E-state index is -0.524. The van der Waals surface area contributed by atoms with Gasteiger partial charge in [-0.2, -0.15) is 0 Å². The van der Waals surface area contributed by atoms with Gasteiger partial charge in [0.25, 0.3) is 0 Å². The number of rotatable bonds is 7. The third-order valence-corrected chi connectivity index (χ3v) is 16.7. The van der Waals surface area contributed by atoms with Crippen molar-refractivity contribution in [2.24, 2.45) is 23.7 Å². The van der Waals surface area contributed by atoms with E-state index in [9.17, 15) is 0 Å². The zero-order chi connectivity index (χ0) is 42.7. The molecular formula is C64H49N. The molecule has 9 aromatic carbocycles. The van der Waals surface area contributed by atoms with Gasteiger partial charge in [0.1, 0.15) is 0 Å². The second kappa shape index (κ2) is 14.1. The van der Waals surface area contributed by atoms with Crippen molar-refractivity contribution in [1.29, 1.82) is 0 Å². The third kappa shape index (κ3) is 5.04. The number of hydrogen-bond acceptors (Lipinski definition) is 1. The summed E-state index contributed by atoms with van der Waals surface area (Å²) in [5.74, 6) is 2.94. The Morgan fingerprint density at radius 2 is 0.938 bits per heavy atom. The molecule has 0 aliphatic heterocycles. The average molecular weight is 832 g/mol. The summed E-state index contributed by atoms with van der Waals surface area (Å²) in [5.41, 5.74) is 21.9. The maximum atomic E-state index is 2.71. The molecule has 0 N–H and O–H groups in total. The van der Waals surface area contributed by atoms with Crippen LogP contribution in [0.5, 0.6) is 0 Å². The van der Waals surface area contributed by atoms with Gasteiger partial charge in [0.2, 0.25) is 0 Å². The van der Waals surface area contributed by atoms with E-state index in [1.807, 2.05) is 0 Å². The summed E-state index contributed by atoms with van der Waals surface area (Å²) in [5, 5.41) is 0. The molecule has 0 aromatic heterocycles. The van der Waals surface area contributed by atoms with Crippen LogP contribution in [0.25, 0.3) is 44.5 Å². The molecular weight excluding hydrogens is 783 g/mol. The Bertz CT molecular complexity index is 3250. The van der Waals surface area contributed by atoms with Crippen LogP contribution in [0.15, 0.2) is 224 Å². The molecule has 1 spiro atoms. The third-order valence-electron chi connectivity index (χ3n) is 16.7. The molecule has 6 aliphatic carbocycles. The lowest BCUT2D eigenvalue weighted by molar-refractivity contribution is 0.191. The van der Waals surface area contributed by atoms with E-state index < -0.39 is 5.41 Å². The van der Waals surface area contributed by atoms with Gasteiger partial charge in [-0.15, -0.1) is 0 Å². The van der Waals surface area contributed by atoms with Gasteiger partial charge < -0.3 is 4.90 Å². The molecule has 0 radical (unpaired) electrons. The van der Waals surface area contributed by atoms with E-state index in [0.29, 0.717) is 11.8 Å². The van der Waals surface area contributed by atoms with Crippen molar-refractivity contribution in [3.8, 4) is 44.5 Å². The normalized spacial score (nSPS) is 22.1. The lowest BCUT2D eigenvalue weighted by atomic mass is 9.59. The summed E-state index contributed by atoms with van der Waals surface area (Å²) in [7, 11) is 0. The van der Waals surface area contributed by atoms with E-state index in [4.69, 9.17) is 0 Å². The lowest BCUT2D eigenvalue weighted by Gasteiger charge is -2.45. The second-order valence-corrected chi connectivity index (χ2v) is 19.5. The molecule has 4 fully saturated rings. The zero-order valence-electron chi connectivity index (χ0n) is 36.4. The van der Waals surface area contributed by atoms with E-state index in [2.05, 4.69) is 229 Å². The van der Waals surface area contributed by atoms with Gasteiger partial charge in [-0.25, -0.2) is 0 Å². The van der Waals surface area contributed by atoms with Crippen molar-refractivity contribution < 1.29 is 0 Å². The monoisotopic (exact) mass is 831 g/mol. The van der Waals surface area contributed by atoms with Crippen LogP contribution in [-0.4, -0.2) is 0 Å². The van der Waals surface area contributed by atoms with Crippen molar-refractivity contribution in [2.75, 3.05) is 4.90 Å². The van der Waals surface area contributed by atoms with E-state index in [-0.39, 0.29) is 5.41 Å². The molecule has 5 unspecified atom stereocenters. The quantitative estimate of drug-likeness (QED) is 0.155. The zero-order valence-corrected chi connectivity index (χ0v) is 36.4. The predicted molar refractivity (Wildman–Crippen MR) is 268 cm³/mol. The molecule has 1 heteroatoms. The molecule has 0 heterocycles. The van der Waals surface area contributed by atoms with Crippen LogP contribution in [-0.2, 0) is 10.8 Å². The first-order valence-corrected chi connectivity index (χ1v) is 23.9. The van der Waals surface area contributed by atoms with E-state index in [1.54, 1.807) is 11.1 Å². The fourth-order valence-corrected chi connectivity index (χ4v) is 14.7. The summed E-state index contributed by atoms with van der Waals surface area (Å²) in [6.45, 7) is 0. The summed E-state index contributed by atoms with van der Waals surface area (Å²) in [6.07, 6.45) is 5.42. The van der Waals surface area contributed by atoms with Gasteiger partial charge in [-0.05, 0) is 146 Å². The molecule has 1 nitrogen and oxygen atoms in total. The van der Waals surface area contributed by atoms with Crippen LogP contribution in [0, 0.1) is 23.7 Å². The molecule has 310 valence electrons. The smallest absolute Gasteiger partial charge is 0.0714 e. The molecule has 65 heavy (non-hydrogen) atoms. The fraction of sp³-hybridized carbons (Fsp3) is 0.156. The maximum absolute atomic E-state index is 2.71. The van der Waals surface area contributed by atoms with Gasteiger partial charge in [-0.3, -0.25) is 0 Å². The highest BCUT2D eigenvalue weighted by Gasteiger charge is 2.66. The second-order valence-electron chi connectivity index (χ2n) is 19.5. The maximum Gasteiger partial charge on any atom is 0.0714 e. The Morgan fingerprint density at radius 1 is 0.385 bits per heavy atom. The Balaban J connectivity index is 1.11. The van der Waals surface area contributed by atoms with Crippen molar-refractivity contribution in [2.45, 2.75) is 36.5 Å². The molecule has 5 atom stereocenters. The minimum Gasteiger partial charge on any atom is -0.310 e. The minimum absolute atomic E-state index is 0.0206. The Kier molecular flexibility index (Phi) is 8.09. The average Bonchev–Trinajstić information content (AvgIpc) is 4.03. The Labute approximate surface area is 382 Å². The molecule has 15 rings (SSSR count). The topological polar surface area (TPSA) is 3.24 Å². The van der Waals surface area contributed by atoms with Crippen LogP contribution in [0.1, 0.15) is 59.1 Å². The van der Waals surface area contributed by atoms with E-state index >= 15 is 0 Å². The summed E-state index contributed by atoms with van der Waals surface area (Å²) < 4.78 is 0. The molecule has 4 bridgehead atoms. The van der Waals surface area contributed by atoms with Crippen LogP contribution in [0.3, 0.4) is 0 Å². The Hall–Kier alpha value is -7.22.